The average Bonchev–Trinajstić information content (AvgIpc) is 3.21. The van der Waals surface area contributed by atoms with E-state index < -0.39 is 11.4 Å². The molecule has 1 saturated carbocycles. The number of halogens is 2. The molecule has 6 rings (SSSR count). The summed E-state index contributed by atoms with van der Waals surface area (Å²) in [5.74, 6) is 0.911. The van der Waals surface area contributed by atoms with Crippen LogP contribution < -0.4 is 4.74 Å². The van der Waals surface area contributed by atoms with Crippen LogP contribution in [0.2, 0.25) is 5.02 Å². The number of hydrogen-bond acceptors (Lipinski definition) is 6. The SMILES string of the molecule is Cc1nc2cnc3cc(F)c(-c4ccc(Oc5ncccn5)cc4Cl)cc3c2n1C1CCC(C)(O)CC1. The molecular formula is C28H25ClFN5O2. The Kier molecular flexibility index (Phi) is 5.81. The Morgan fingerprint density at radius 2 is 1.81 bits per heavy atom. The summed E-state index contributed by atoms with van der Waals surface area (Å²) in [4.78, 5) is 17.4. The monoisotopic (exact) mass is 517 g/mol. The summed E-state index contributed by atoms with van der Waals surface area (Å²) >= 11 is 6.61. The predicted octanol–water partition coefficient (Wildman–Crippen LogP) is 6.80. The van der Waals surface area contributed by atoms with E-state index in [9.17, 15) is 5.11 Å². The summed E-state index contributed by atoms with van der Waals surface area (Å²) in [5, 5.41) is 11.6. The normalized spacial score (nSPS) is 20.0. The molecule has 3 heterocycles. The number of hydrogen-bond donors (Lipinski definition) is 1. The van der Waals surface area contributed by atoms with Crippen LogP contribution >= 0.6 is 11.6 Å². The molecule has 0 saturated heterocycles. The van der Waals surface area contributed by atoms with Crippen molar-refractivity contribution in [1.82, 2.24) is 24.5 Å². The van der Waals surface area contributed by atoms with Crippen LogP contribution in [-0.4, -0.2) is 35.2 Å². The minimum atomic E-state index is -0.639. The van der Waals surface area contributed by atoms with Crippen LogP contribution in [0.15, 0.2) is 55.0 Å². The maximum Gasteiger partial charge on any atom is 0.321 e. The molecule has 1 fully saturated rings. The van der Waals surface area contributed by atoms with E-state index in [4.69, 9.17) is 21.3 Å². The van der Waals surface area contributed by atoms with Gasteiger partial charge in [0.2, 0.25) is 0 Å². The summed E-state index contributed by atoms with van der Waals surface area (Å²) < 4.78 is 23.3. The lowest BCUT2D eigenvalue weighted by molar-refractivity contribution is 0.0102. The Labute approximate surface area is 217 Å². The Balaban J connectivity index is 1.45. The first-order chi connectivity index (χ1) is 17.8. The molecule has 1 aliphatic rings. The van der Waals surface area contributed by atoms with Gasteiger partial charge < -0.3 is 14.4 Å². The van der Waals surface area contributed by atoms with E-state index >= 15 is 4.39 Å². The Bertz CT molecular complexity index is 1630. The quantitative estimate of drug-likeness (QED) is 0.282. The number of benzene rings is 2. The van der Waals surface area contributed by atoms with Crippen molar-refractivity contribution < 1.29 is 14.2 Å². The smallest absolute Gasteiger partial charge is 0.321 e. The van der Waals surface area contributed by atoms with Crippen LogP contribution in [-0.2, 0) is 0 Å². The molecule has 2 aromatic carbocycles. The number of aromatic nitrogens is 5. The minimum Gasteiger partial charge on any atom is -0.424 e. The number of aliphatic hydroxyl groups is 1. The molecule has 0 radical (unpaired) electrons. The first-order valence-corrected chi connectivity index (χ1v) is 12.6. The number of nitrogens with zero attached hydrogens (tertiary/aromatic N) is 5. The van der Waals surface area contributed by atoms with Gasteiger partial charge in [0.25, 0.3) is 0 Å². The number of aryl methyl sites for hydroxylation is 1. The maximum atomic E-state index is 15.4. The number of ether oxygens (including phenoxy) is 1. The van der Waals surface area contributed by atoms with Crippen LogP contribution in [0.5, 0.6) is 11.8 Å². The van der Waals surface area contributed by atoms with E-state index in [1.807, 2.05) is 13.8 Å². The van der Waals surface area contributed by atoms with Crippen molar-refractivity contribution in [3.63, 3.8) is 0 Å². The summed E-state index contributed by atoms with van der Waals surface area (Å²) in [5.41, 5.74) is 2.50. The summed E-state index contributed by atoms with van der Waals surface area (Å²) in [6, 6.07) is 10.4. The molecule has 3 aromatic heterocycles. The lowest BCUT2D eigenvalue weighted by atomic mass is 9.83. The van der Waals surface area contributed by atoms with Crippen LogP contribution in [0, 0.1) is 12.7 Å². The molecule has 0 amide bonds. The number of fused-ring (bicyclic) bond motifs is 3. The van der Waals surface area contributed by atoms with Gasteiger partial charge in [0.05, 0.1) is 27.9 Å². The third-order valence-electron chi connectivity index (χ3n) is 7.16. The number of imidazole rings is 1. The van der Waals surface area contributed by atoms with Gasteiger partial charge in [0, 0.05) is 47.1 Å². The fraction of sp³-hybridized carbons (Fsp3) is 0.286. The highest BCUT2D eigenvalue weighted by Crippen LogP contribution is 2.40. The maximum absolute atomic E-state index is 15.4. The van der Waals surface area contributed by atoms with Crippen molar-refractivity contribution in [2.45, 2.75) is 51.2 Å². The first-order valence-electron chi connectivity index (χ1n) is 12.2. The molecule has 37 heavy (non-hydrogen) atoms. The second kappa shape index (κ2) is 9.04. The van der Waals surface area contributed by atoms with Crippen molar-refractivity contribution >= 4 is 33.5 Å². The molecule has 7 nitrogen and oxygen atoms in total. The topological polar surface area (TPSA) is 86.0 Å². The van der Waals surface area contributed by atoms with Gasteiger partial charge in [-0.25, -0.2) is 19.3 Å². The molecule has 188 valence electrons. The van der Waals surface area contributed by atoms with E-state index in [1.54, 1.807) is 48.9 Å². The average molecular weight is 518 g/mol. The highest BCUT2D eigenvalue weighted by molar-refractivity contribution is 6.33. The lowest BCUT2D eigenvalue weighted by Crippen LogP contribution is -2.31. The zero-order valence-electron chi connectivity index (χ0n) is 20.4. The molecule has 0 aliphatic heterocycles. The zero-order valence-corrected chi connectivity index (χ0v) is 21.2. The van der Waals surface area contributed by atoms with Gasteiger partial charge in [-0.15, -0.1) is 0 Å². The van der Waals surface area contributed by atoms with Crippen LogP contribution in [0.1, 0.15) is 44.5 Å². The van der Waals surface area contributed by atoms with Crippen molar-refractivity contribution in [2.24, 2.45) is 0 Å². The van der Waals surface area contributed by atoms with Gasteiger partial charge in [-0.3, -0.25) is 4.98 Å². The van der Waals surface area contributed by atoms with Crippen LogP contribution in [0.4, 0.5) is 4.39 Å². The van der Waals surface area contributed by atoms with Crippen molar-refractivity contribution in [2.75, 3.05) is 0 Å². The van der Waals surface area contributed by atoms with Crippen LogP contribution in [0.25, 0.3) is 33.1 Å². The van der Waals surface area contributed by atoms with Crippen molar-refractivity contribution in [3.05, 3.63) is 71.7 Å². The standard InChI is InChI=1S/C28H25ClFN5O2/c1-16-34-25-15-33-24-14-23(30)20(13-21(24)26(25)35(16)17-6-8-28(2,36)9-7-17)19-5-4-18(12-22(19)29)37-27-31-10-3-11-32-27/h3-5,10-15,17,36H,6-9H2,1-2H3. The number of rotatable bonds is 4. The minimum absolute atomic E-state index is 0.199. The van der Waals surface area contributed by atoms with Gasteiger partial charge in [0.1, 0.15) is 22.9 Å². The predicted molar refractivity (Wildman–Crippen MR) is 140 cm³/mol. The van der Waals surface area contributed by atoms with Crippen molar-refractivity contribution in [3.8, 4) is 22.9 Å². The van der Waals surface area contributed by atoms with E-state index in [2.05, 4.69) is 19.5 Å². The highest BCUT2D eigenvalue weighted by atomic mass is 35.5. The third kappa shape index (κ3) is 4.40. The Morgan fingerprint density at radius 1 is 1.05 bits per heavy atom. The molecule has 9 heteroatoms. The van der Waals surface area contributed by atoms with E-state index in [-0.39, 0.29) is 12.1 Å². The van der Waals surface area contributed by atoms with Gasteiger partial charge in [-0.1, -0.05) is 11.6 Å². The van der Waals surface area contributed by atoms with E-state index in [0.717, 1.165) is 47.9 Å². The van der Waals surface area contributed by atoms with Crippen molar-refractivity contribution in [1.29, 1.82) is 0 Å². The summed E-state index contributed by atoms with van der Waals surface area (Å²) in [6.45, 7) is 3.87. The second-order valence-electron chi connectivity index (χ2n) is 9.87. The molecule has 0 unspecified atom stereocenters. The van der Waals surface area contributed by atoms with E-state index in [1.165, 1.54) is 6.07 Å². The van der Waals surface area contributed by atoms with Gasteiger partial charge in [0.15, 0.2) is 0 Å². The third-order valence-corrected chi connectivity index (χ3v) is 7.47. The summed E-state index contributed by atoms with van der Waals surface area (Å²) in [6.07, 6.45) is 7.99. The Hall–Kier alpha value is -3.62. The molecule has 5 aromatic rings. The second-order valence-corrected chi connectivity index (χ2v) is 10.3. The van der Waals surface area contributed by atoms with Gasteiger partial charge >= 0.3 is 6.01 Å². The molecular weight excluding hydrogens is 493 g/mol. The number of pyridine rings is 1. The Morgan fingerprint density at radius 3 is 2.54 bits per heavy atom. The van der Waals surface area contributed by atoms with Crippen LogP contribution in [0.3, 0.4) is 0 Å². The molecule has 1 N–H and O–H groups in total. The van der Waals surface area contributed by atoms with E-state index in [0.29, 0.717) is 27.4 Å². The lowest BCUT2D eigenvalue weighted by Gasteiger charge is -2.34. The zero-order chi connectivity index (χ0) is 25.7. The largest absolute Gasteiger partial charge is 0.424 e. The van der Waals surface area contributed by atoms with Gasteiger partial charge in [-0.05, 0) is 63.8 Å². The summed E-state index contributed by atoms with van der Waals surface area (Å²) in [7, 11) is 0. The molecule has 0 spiro atoms. The van der Waals surface area contributed by atoms with Gasteiger partial charge in [-0.2, -0.15) is 0 Å². The molecule has 0 bridgehead atoms. The first kappa shape index (κ1) is 23.8. The fourth-order valence-electron chi connectivity index (χ4n) is 5.27. The molecule has 0 atom stereocenters. The molecule has 1 aliphatic carbocycles. The highest BCUT2D eigenvalue weighted by Gasteiger charge is 2.31. The fourth-order valence-corrected chi connectivity index (χ4v) is 5.54.